The summed E-state index contributed by atoms with van der Waals surface area (Å²) in [5.41, 5.74) is 0.875. The topological polar surface area (TPSA) is 59.1 Å². The van der Waals surface area contributed by atoms with E-state index < -0.39 is 9.84 Å². The van der Waals surface area contributed by atoms with Crippen LogP contribution in [0.1, 0.15) is 23.7 Å². The first-order chi connectivity index (χ1) is 7.11. The molecule has 0 amide bonds. The third-order valence-electron chi connectivity index (χ3n) is 2.45. The molecule has 84 valence electrons. The van der Waals surface area contributed by atoms with Crippen molar-refractivity contribution in [2.45, 2.75) is 19.4 Å². The van der Waals surface area contributed by atoms with Crippen molar-refractivity contribution in [2.75, 3.05) is 18.1 Å². The van der Waals surface area contributed by atoms with E-state index in [2.05, 4.69) is 10.3 Å². The maximum absolute atomic E-state index is 11.4. The van der Waals surface area contributed by atoms with Crippen molar-refractivity contribution in [3.63, 3.8) is 0 Å². The van der Waals surface area contributed by atoms with Gasteiger partial charge in [0.25, 0.3) is 0 Å². The van der Waals surface area contributed by atoms with E-state index in [0.717, 1.165) is 17.1 Å². The minimum Gasteiger partial charge on any atom is -0.307 e. The number of nitrogens with zero attached hydrogens (tertiary/aromatic N) is 1. The fourth-order valence-corrected chi connectivity index (χ4v) is 3.81. The molecule has 1 fully saturated rings. The Bertz CT molecular complexity index is 439. The van der Waals surface area contributed by atoms with Gasteiger partial charge in [0.15, 0.2) is 9.84 Å². The zero-order chi connectivity index (χ0) is 10.9. The number of thiazole rings is 1. The molecular weight excluding hydrogens is 232 g/mol. The first-order valence-electron chi connectivity index (χ1n) is 4.99. The Balaban J connectivity index is 2.17. The van der Waals surface area contributed by atoms with E-state index in [1.807, 2.05) is 12.3 Å². The summed E-state index contributed by atoms with van der Waals surface area (Å²) >= 11 is 1.60. The lowest BCUT2D eigenvalue weighted by Crippen LogP contribution is -2.39. The molecule has 1 unspecified atom stereocenters. The molecule has 0 aromatic carbocycles. The lowest BCUT2D eigenvalue weighted by Gasteiger charge is -2.21. The van der Waals surface area contributed by atoms with Crippen LogP contribution in [0.2, 0.25) is 0 Å². The van der Waals surface area contributed by atoms with Crippen molar-refractivity contribution in [1.29, 1.82) is 0 Å². The second-order valence-corrected chi connectivity index (χ2v) is 6.81. The standard InChI is InChI=1S/C9H14N2O2S2/c1-2-9-11-7(5-14-9)8-6-15(12,13)4-3-10-8/h5,8,10H,2-4,6H2,1H3. The third kappa shape index (κ3) is 2.56. The van der Waals surface area contributed by atoms with Crippen LogP contribution in [0.4, 0.5) is 0 Å². The molecule has 0 spiro atoms. The van der Waals surface area contributed by atoms with Crippen LogP contribution in [0, 0.1) is 0 Å². The molecule has 1 N–H and O–H groups in total. The highest BCUT2D eigenvalue weighted by Crippen LogP contribution is 2.21. The van der Waals surface area contributed by atoms with Gasteiger partial charge in [0.05, 0.1) is 28.2 Å². The number of hydrogen-bond acceptors (Lipinski definition) is 5. The van der Waals surface area contributed by atoms with E-state index in [1.165, 1.54) is 0 Å². The SMILES string of the molecule is CCc1nc(C2CS(=O)(=O)CCN2)cs1. The van der Waals surface area contributed by atoms with Gasteiger partial charge >= 0.3 is 0 Å². The zero-order valence-electron chi connectivity index (χ0n) is 8.56. The van der Waals surface area contributed by atoms with Crippen LogP contribution in [-0.4, -0.2) is 31.5 Å². The summed E-state index contributed by atoms with van der Waals surface area (Å²) < 4.78 is 22.9. The molecule has 1 aliphatic rings. The van der Waals surface area contributed by atoms with Crippen LogP contribution in [0.5, 0.6) is 0 Å². The summed E-state index contributed by atoms with van der Waals surface area (Å²) in [4.78, 5) is 4.41. The minimum absolute atomic E-state index is 0.111. The molecule has 1 aliphatic heterocycles. The number of hydrogen-bond donors (Lipinski definition) is 1. The smallest absolute Gasteiger partial charge is 0.153 e. The maximum atomic E-state index is 11.4. The summed E-state index contributed by atoms with van der Waals surface area (Å²) in [6, 6.07) is -0.111. The van der Waals surface area contributed by atoms with E-state index in [0.29, 0.717) is 6.54 Å². The second kappa shape index (κ2) is 4.19. The van der Waals surface area contributed by atoms with Crippen LogP contribution >= 0.6 is 11.3 Å². The lowest BCUT2D eigenvalue weighted by atomic mass is 10.2. The van der Waals surface area contributed by atoms with Gasteiger partial charge in [0.2, 0.25) is 0 Å². The van der Waals surface area contributed by atoms with Crippen LogP contribution in [0.25, 0.3) is 0 Å². The summed E-state index contributed by atoms with van der Waals surface area (Å²) in [7, 11) is -2.88. The van der Waals surface area contributed by atoms with Crippen molar-refractivity contribution < 1.29 is 8.42 Å². The largest absolute Gasteiger partial charge is 0.307 e. The highest BCUT2D eigenvalue weighted by molar-refractivity contribution is 7.91. The Hall–Kier alpha value is -0.460. The van der Waals surface area contributed by atoms with Gasteiger partial charge in [-0.1, -0.05) is 6.92 Å². The molecule has 1 aromatic heterocycles. The molecule has 1 atom stereocenters. The summed E-state index contributed by atoms with van der Waals surface area (Å²) in [6.07, 6.45) is 0.907. The first kappa shape index (κ1) is 11.0. The number of sulfone groups is 1. The van der Waals surface area contributed by atoms with E-state index in [9.17, 15) is 8.42 Å². The number of aromatic nitrogens is 1. The zero-order valence-corrected chi connectivity index (χ0v) is 10.2. The van der Waals surface area contributed by atoms with Gasteiger partial charge in [-0.2, -0.15) is 0 Å². The highest BCUT2D eigenvalue weighted by Gasteiger charge is 2.26. The molecule has 1 saturated heterocycles. The summed E-state index contributed by atoms with van der Waals surface area (Å²) in [6.45, 7) is 2.58. The molecule has 2 heterocycles. The fourth-order valence-electron chi connectivity index (χ4n) is 1.62. The quantitative estimate of drug-likeness (QED) is 0.837. The molecule has 0 saturated carbocycles. The molecule has 1 aromatic rings. The second-order valence-electron chi connectivity index (χ2n) is 3.64. The molecule has 15 heavy (non-hydrogen) atoms. The van der Waals surface area contributed by atoms with Crippen molar-refractivity contribution in [1.82, 2.24) is 10.3 Å². The van der Waals surface area contributed by atoms with E-state index >= 15 is 0 Å². The van der Waals surface area contributed by atoms with Gasteiger partial charge in [-0.15, -0.1) is 11.3 Å². The highest BCUT2D eigenvalue weighted by atomic mass is 32.2. The Morgan fingerprint density at radius 1 is 1.67 bits per heavy atom. The van der Waals surface area contributed by atoms with Gasteiger partial charge in [-0.3, -0.25) is 0 Å². The van der Waals surface area contributed by atoms with Crippen molar-refractivity contribution in [3.05, 3.63) is 16.1 Å². The molecule has 4 nitrogen and oxygen atoms in total. The Morgan fingerprint density at radius 2 is 2.47 bits per heavy atom. The molecule has 6 heteroatoms. The van der Waals surface area contributed by atoms with Gasteiger partial charge in [0.1, 0.15) is 0 Å². The molecule has 2 rings (SSSR count). The number of aryl methyl sites for hydroxylation is 1. The van der Waals surface area contributed by atoms with Crippen molar-refractivity contribution >= 4 is 21.2 Å². The minimum atomic E-state index is -2.88. The van der Waals surface area contributed by atoms with Crippen LogP contribution < -0.4 is 5.32 Å². The van der Waals surface area contributed by atoms with Crippen molar-refractivity contribution in [3.8, 4) is 0 Å². The van der Waals surface area contributed by atoms with Crippen LogP contribution in [-0.2, 0) is 16.3 Å². The third-order valence-corrected chi connectivity index (χ3v) is 5.13. The number of rotatable bonds is 2. The maximum Gasteiger partial charge on any atom is 0.153 e. The number of nitrogens with one attached hydrogen (secondary N) is 1. The average molecular weight is 246 g/mol. The molecule has 0 aliphatic carbocycles. The summed E-state index contributed by atoms with van der Waals surface area (Å²) in [5.74, 6) is 0.425. The molecule has 0 radical (unpaired) electrons. The fraction of sp³-hybridized carbons (Fsp3) is 0.667. The predicted octanol–water partition coefficient (Wildman–Crippen LogP) is 0.765. The van der Waals surface area contributed by atoms with Gasteiger partial charge in [-0.25, -0.2) is 13.4 Å². The van der Waals surface area contributed by atoms with E-state index in [4.69, 9.17) is 0 Å². The van der Waals surface area contributed by atoms with Gasteiger partial charge in [0, 0.05) is 11.9 Å². The monoisotopic (exact) mass is 246 g/mol. The van der Waals surface area contributed by atoms with Crippen LogP contribution in [0.3, 0.4) is 0 Å². The summed E-state index contributed by atoms with van der Waals surface area (Å²) in [5, 5.41) is 6.21. The van der Waals surface area contributed by atoms with Gasteiger partial charge < -0.3 is 5.32 Å². The van der Waals surface area contributed by atoms with E-state index in [1.54, 1.807) is 11.3 Å². The average Bonchev–Trinajstić information content (AvgIpc) is 2.64. The van der Waals surface area contributed by atoms with Gasteiger partial charge in [-0.05, 0) is 6.42 Å². The Labute approximate surface area is 93.7 Å². The normalized spacial score (nSPS) is 25.3. The molecular formula is C9H14N2O2S2. The Morgan fingerprint density at radius 3 is 3.07 bits per heavy atom. The Kier molecular flexibility index (Phi) is 3.08. The first-order valence-corrected chi connectivity index (χ1v) is 7.69. The predicted molar refractivity (Wildman–Crippen MR) is 60.9 cm³/mol. The van der Waals surface area contributed by atoms with Crippen LogP contribution in [0.15, 0.2) is 5.38 Å². The van der Waals surface area contributed by atoms with E-state index in [-0.39, 0.29) is 17.5 Å². The van der Waals surface area contributed by atoms with Crippen molar-refractivity contribution in [2.24, 2.45) is 0 Å². The molecule has 0 bridgehead atoms. The lowest BCUT2D eigenvalue weighted by molar-refractivity contribution is 0.525.